The van der Waals surface area contributed by atoms with Crippen molar-refractivity contribution in [2.75, 3.05) is 6.61 Å². The Morgan fingerprint density at radius 3 is 2.77 bits per heavy atom. The second kappa shape index (κ2) is 4.59. The van der Waals surface area contributed by atoms with Gasteiger partial charge in [-0.05, 0) is 49.2 Å². The predicted octanol–water partition coefficient (Wildman–Crippen LogP) is 2.18. The lowest BCUT2D eigenvalue weighted by Crippen LogP contribution is -2.58. The van der Waals surface area contributed by atoms with Crippen molar-refractivity contribution < 1.29 is 20.1 Å². The Hall–Kier alpha value is -0.840. The number of fused-ring (bicyclic) bond motifs is 5. The van der Waals surface area contributed by atoms with Gasteiger partial charge >= 0.3 is 0 Å². The van der Waals surface area contributed by atoms with Crippen molar-refractivity contribution in [2.24, 2.45) is 28.6 Å². The summed E-state index contributed by atoms with van der Waals surface area (Å²) in [7, 11) is 0. The fourth-order valence-electron chi connectivity index (χ4n) is 5.67. The van der Waals surface area contributed by atoms with Crippen molar-refractivity contribution in [3.05, 3.63) is 24.0 Å². The van der Waals surface area contributed by atoms with E-state index in [9.17, 15) is 15.3 Å². The van der Waals surface area contributed by atoms with Crippen LogP contribution in [0.5, 0.6) is 0 Å². The fourth-order valence-corrected chi connectivity index (χ4v) is 5.67. The van der Waals surface area contributed by atoms with Crippen LogP contribution in [0.4, 0.5) is 0 Å². The Kier molecular flexibility index (Phi) is 3.07. The predicted molar refractivity (Wildman–Crippen MR) is 82.1 cm³/mol. The number of aliphatic hydroxyl groups excluding tert-OH is 3. The summed E-state index contributed by atoms with van der Waals surface area (Å²) < 4.78 is 6.29. The van der Waals surface area contributed by atoms with Gasteiger partial charge in [-0.25, -0.2) is 0 Å². The minimum Gasteiger partial charge on any atom is -0.508 e. The molecule has 1 aliphatic heterocycles. The van der Waals surface area contributed by atoms with Gasteiger partial charge in [0, 0.05) is 10.8 Å². The molecular weight excluding hydrogens is 280 g/mol. The number of aliphatic hydroxyl groups is 3. The van der Waals surface area contributed by atoms with Gasteiger partial charge in [0.1, 0.15) is 5.76 Å². The molecule has 2 saturated carbocycles. The first-order valence-corrected chi connectivity index (χ1v) is 8.44. The van der Waals surface area contributed by atoms with Gasteiger partial charge in [0.2, 0.25) is 0 Å². The maximum absolute atomic E-state index is 10.4. The third-order valence-corrected chi connectivity index (χ3v) is 7.07. The highest BCUT2D eigenvalue weighted by atomic mass is 16.5. The third-order valence-electron chi connectivity index (χ3n) is 7.07. The van der Waals surface area contributed by atoms with E-state index in [-0.39, 0.29) is 16.9 Å². The van der Waals surface area contributed by atoms with Crippen molar-refractivity contribution in [1.82, 2.24) is 0 Å². The second-order valence-corrected chi connectivity index (χ2v) is 8.23. The highest BCUT2D eigenvalue weighted by Crippen LogP contribution is 2.60. The average Bonchev–Trinajstić information content (AvgIpc) is 2.72. The van der Waals surface area contributed by atoms with E-state index < -0.39 is 12.2 Å². The third kappa shape index (κ3) is 1.75. The molecule has 1 saturated heterocycles. The van der Waals surface area contributed by atoms with Gasteiger partial charge in [0.25, 0.3) is 0 Å². The minimum absolute atomic E-state index is 0.0995. The normalized spacial score (nSPS) is 56.8. The highest BCUT2D eigenvalue weighted by Gasteiger charge is 2.62. The average molecular weight is 306 g/mol. The first kappa shape index (κ1) is 14.7. The first-order chi connectivity index (χ1) is 10.4. The molecule has 3 fully saturated rings. The summed E-state index contributed by atoms with van der Waals surface area (Å²) in [4.78, 5) is 0. The quantitative estimate of drug-likeness (QED) is 0.641. The van der Waals surface area contributed by atoms with Crippen LogP contribution < -0.4 is 0 Å². The lowest BCUT2D eigenvalue weighted by Gasteiger charge is -2.57. The van der Waals surface area contributed by atoms with E-state index in [0.29, 0.717) is 36.5 Å². The number of allylic oxidation sites excluding steroid dienone is 2. The van der Waals surface area contributed by atoms with E-state index in [1.54, 1.807) is 6.08 Å². The van der Waals surface area contributed by atoms with Crippen molar-refractivity contribution in [2.45, 2.75) is 51.4 Å². The number of rotatable bonds is 0. The Balaban J connectivity index is 1.68. The highest BCUT2D eigenvalue weighted by molar-refractivity contribution is 5.27. The van der Waals surface area contributed by atoms with E-state index in [2.05, 4.69) is 19.9 Å². The molecule has 4 rings (SSSR count). The molecule has 4 heteroatoms. The van der Waals surface area contributed by atoms with Gasteiger partial charge in [0.05, 0.1) is 24.9 Å². The summed E-state index contributed by atoms with van der Waals surface area (Å²) >= 11 is 0. The van der Waals surface area contributed by atoms with Crippen LogP contribution in [-0.2, 0) is 4.74 Å². The largest absolute Gasteiger partial charge is 0.508 e. The van der Waals surface area contributed by atoms with Gasteiger partial charge in [0.15, 0.2) is 0 Å². The zero-order valence-corrected chi connectivity index (χ0v) is 13.3. The van der Waals surface area contributed by atoms with Crippen LogP contribution in [0.2, 0.25) is 0 Å². The van der Waals surface area contributed by atoms with Crippen LogP contribution in [0.25, 0.3) is 0 Å². The molecule has 0 spiro atoms. The summed E-state index contributed by atoms with van der Waals surface area (Å²) in [6.07, 6.45) is 7.37. The van der Waals surface area contributed by atoms with Gasteiger partial charge < -0.3 is 20.1 Å². The molecule has 3 unspecified atom stereocenters. The molecule has 0 bridgehead atoms. The molecule has 22 heavy (non-hydrogen) atoms. The molecule has 3 aliphatic carbocycles. The Labute approximate surface area is 131 Å². The number of ether oxygens (including phenoxy) is 1. The SMILES string of the molecule is C[C@]12C=CC(O)=CC1CC[C@@H]1[C@H]2OC[C@]2(C)C(O)C(O)C[C@@H]12. The zero-order valence-electron chi connectivity index (χ0n) is 13.3. The summed E-state index contributed by atoms with van der Waals surface area (Å²) in [5.74, 6) is 1.33. The first-order valence-electron chi connectivity index (χ1n) is 8.44. The molecule has 8 atom stereocenters. The molecule has 1 heterocycles. The topological polar surface area (TPSA) is 69.9 Å². The van der Waals surface area contributed by atoms with Crippen molar-refractivity contribution in [3.8, 4) is 0 Å². The Bertz CT molecular complexity index is 541. The monoisotopic (exact) mass is 306 g/mol. The Morgan fingerprint density at radius 1 is 1.23 bits per heavy atom. The van der Waals surface area contributed by atoms with Crippen LogP contribution in [0.1, 0.15) is 33.1 Å². The van der Waals surface area contributed by atoms with Gasteiger partial charge in [-0.2, -0.15) is 0 Å². The van der Waals surface area contributed by atoms with E-state index in [1.165, 1.54) is 0 Å². The maximum atomic E-state index is 10.4. The van der Waals surface area contributed by atoms with Crippen molar-refractivity contribution in [3.63, 3.8) is 0 Å². The van der Waals surface area contributed by atoms with E-state index in [1.807, 2.05) is 6.08 Å². The van der Waals surface area contributed by atoms with Crippen molar-refractivity contribution in [1.29, 1.82) is 0 Å². The fraction of sp³-hybridized carbons (Fsp3) is 0.778. The van der Waals surface area contributed by atoms with Crippen LogP contribution in [0.3, 0.4) is 0 Å². The van der Waals surface area contributed by atoms with Crippen LogP contribution in [0, 0.1) is 28.6 Å². The van der Waals surface area contributed by atoms with Crippen LogP contribution in [0.15, 0.2) is 24.0 Å². The number of hydrogen-bond acceptors (Lipinski definition) is 4. The molecular formula is C18H26O4. The molecule has 0 radical (unpaired) electrons. The zero-order chi connectivity index (χ0) is 15.7. The van der Waals surface area contributed by atoms with Crippen LogP contribution in [-0.4, -0.2) is 40.2 Å². The smallest absolute Gasteiger partial charge is 0.111 e. The molecule has 4 nitrogen and oxygen atoms in total. The van der Waals surface area contributed by atoms with Crippen LogP contribution >= 0.6 is 0 Å². The second-order valence-electron chi connectivity index (χ2n) is 8.23. The molecule has 0 aromatic carbocycles. The van der Waals surface area contributed by atoms with Crippen molar-refractivity contribution >= 4 is 0 Å². The lowest BCUT2D eigenvalue weighted by atomic mass is 9.54. The summed E-state index contributed by atoms with van der Waals surface area (Å²) in [6, 6.07) is 0. The van der Waals surface area contributed by atoms with Gasteiger partial charge in [-0.15, -0.1) is 0 Å². The minimum atomic E-state index is -0.685. The maximum Gasteiger partial charge on any atom is 0.111 e. The summed E-state index contributed by atoms with van der Waals surface area (Å²) in [5, 5.41) is 30.3. The van der Waals surface area contributed by atoms with Gasteiger partial charge in [-0.1, -0.05) is 19.9 Å². The molecule has 4 aliphatic rings. The molecule has 3 N–H and O–H groups in total. The van der Waals surface area contributed by atoms with E-state index in [0.717, 1.165) is 12.8 Å². The molecule has 0 amide bonds. The summed E-state index contributed by atoms with van der Waals surface area (Å²) in [6.45, 7) is 4.78. The van der Waals surface area contributed by atoms with E-state index in [4.69, 9.17) is 4.74 Å². The molecule has 0 aromatic heterocycles. The van der Waals surface area contributed by atoms with E-state index >= 15 is 0 Å². The molecule has 0 aromatic rings. The standard InChI is InChI=1S/C18H26O4/c1-17-6-5-11(19)7-10(17)3-4-12-13-8-14(20)15(21)18(13,2)9-22-16(12)17/h5-7,10,12-16,19-21H,3-4,8-9H2,1-2H3/t10?,12-,13-,14?,15?,16+,17-,18-/m0/s1. The summed E-state index contributed by atoms with van der Waals surface area (Å²) in [5.41, 5.74) is -0.435. The molecule has 122 valence electrons. The lowest BCUT2D eigenvalue weighted by molar-refractivity contribution is -0.200. The van der Waals surface area contributed by atoms with Gasteiger partial charge in [-0.3, -0.25) is 0 Å². The number of hydrogen-bond donors (Lipinski definition) is 3. The Morgan fingerprint density at radius 2 is 2.00 bits per heavy atom.